The predicted molar refractivity (Wildman–Crippen MR) is 129 cm³/mol. The van der Waals surface area contributed by atoms with Gasteiger partial charge in [0.25, 0.3) is 0 Å². The van der Waals surface area contributed by atoms with Gasteiger partial charge >= 0.3 is 0 Å². The Morgan fingerprint density at radius 1 is 0.969 bits per heavy atom. The first kappa shape index (κ1) is 21.5. The summed E-state index contributed by atoms with van der Waals surface area (Å²) in [4.78, 5) is 32.3. The Morgan fingerprint density at radius 2 is 1.69 bits per heavy atom. The summed E-state index contributed by atoms with van der Waals surface area (Å²) in [7, 11) is 0. The highest BCUT2D eigenvalue weighted by molar-refractivity contribution is 6.19. The summed E-state index contributed by atoms with van der Waals surface area (Å²) in [6, 6.07) is 21.6. The van der Waals surface area contributed by atoms with Crippen molar-refractivity contribution in [1.29, 1.82) is 0 Å². The zero-order valence-corrected chi connectivity index (χ0v) is 18.7. The summed E-state index contributed by atoms with van der Waals surface area (Å²) in [6.07, 6.45) is 0.143. The lowest BCUT2D eigenvalue weighted by atomic mass is 9.99. The van der Waals surface area contributed by atoms with Gasteiger partial charge in [-0.1, -0.05) is 65.7 Å². The maximum absolute atomic E-state index is 13.3. The van der Waals surface area contributed by atoms with Gasteiger partial charge < -0.3 is 10.2 Å². The van der Waals surface area contributed by atoms with E-state index in [9.17, 15) is 9.59 Å². The van der Waals surface area contributed by atoms with Gasteiger partial charge in [0.1, 0.15) is 6.54 Å². The highest BCUT2D eigenvalue weighted by Crippen LogP contribution is 2.33. The maximum atomic E-state index is 13.3. The molecule has 0 radical (unpaired) electrons. The molecular weight excluding hydrogens is 398 g/mol. The van der Waals surface area contributed by atoms with E-state index in [1.807, 2.05) is 81.4 Å². The second-order valence-electron chi connectivity index (χ2n) is 8.28. The number of rotatable bonds is 5. The van der Waals surface area contributed by atoms with Gasteiger partial charge in [0.2, 0.25) is 11.8 Å². The van der Waals surface area contributed by atoms with E-state index in [0.29, 0.717) is 17.9 Å². The van der Waals surface area contributed by atoms with E-state index in [0.717, 1.165) is 22.4 Å². The van der Waals surface area contributed by atoms with Crippen molar-refractivity contribution < 1.29 is 9.59 Å². The largest absolute Gasteiger partial charge is 0.350 e. The minimum absolute atomic E-state index is 0.0443. The summed E-state index contributed by atoms with van der Waals surface area (Å²) in [5, 5.41) is 2.93. The Bertz CT molecular complexity index is 1200. The number of amides is 2. The van der Waals surface area contributed by atoms with Gasteiger partial charge in [-0.2, -0.15) is 0 Å². The van der Waals surface area contributed by atoms with Crippen LogP contribution in [0.25, 0.3) is 0 Å². The first-order chi connectivity index (χ1) is 15.4. The molecule has 4 rings (SSSR count). The number of carbonyl (C=O) groups is 2. The van der Waals surface area contributed by atoms with Crippen LogP contribution in [0.15, 0.2) is 71.7 Å². The van der Waals surface area contributed by atoms with Crippen LogP contribution in [0, 0.1) is 20.8 Å². The van der Waals surface area contributed by atoms with Crippen molar-refractivity contribution in [3.8, 4) is 0 Å². The molecule has 1 aliphatic rings. The quantitative estimate of drug-likeness (QED) is 0.639. The zero-order chi connectivity index (χ0) is 22.7. The minimum Gasteiger partial charge on any atom is -0.350 e. The number of benzene rings is 3. The van der Waals surface area contributed by atoms with Crippen molar-refractivity contribution in [3.63, 3.8) is 0 Å². The molecule has 0 aromatic heterocycles. The number of fused-ring (bicyclic) bond motifs is 1. The first-order valence-electron chi connectivity index (χ1n) is 10.8. The number of anilines is 1. The van der Waals surface area contributed by atoms with E-state index < -0.39 is 0 Å². The molecule has 1 aliphatic heterocycles. The Morgan fingerprint density at radius 3 is 2.44 bits per heavy atom. The van der Waals surface area contributed by atoms with Gasteiger partial charge in [0.05, 0.1) is 23.5 Å². The molecule has 2 amide bonds. The Hall–Kier alpha value is -3.73. The zero-order valence-electron chi connectivity index (χ0n) is 18.7. The third-order valence-corrected chi connectivity index (χ3v) is 5.65. The molecule has 3 aromatic carbocycles. The number of hydrogen-bond acceptors (Lipinski definition) is 3. The number of hydrogen-bond donors (Lipinski definition) is 1. The molecule has 0 saturated heterocycles. The maximum Gasteiger partial charge on any atom is 0.240 e. The van der Waals surface area contributed by atoms with Crippen LogP contribution < -0.4 is 10.2 Å². The van der Waals surface area contributed by atoms with E-state index >= 15 is 0 Å². The summed E-state index contributed by atoms with van der Waals surface area (Å²) < 4.78 is 0. The van der Waals surface area contributed by atoms with Gasteiger partial charge in [-0.3, -0.25) is 14.6 Å². The van der Waals surface area contributed by atoms with Crippen molar-refractivity contribution in [2.75, 3.05) is 11.4 Å². The van der Waals surface area contributed by atoms with Crippen molar-refractivity contribution in [2.45, 2.75) is 33.7 Å². The average Bonchev–Trinajstić information content (AvgIpc) is 2.90. The van der Waals surface area contributed by atoms with E-state index in [2.05, 4.69) is 11.4 Å². The number of nitrogens with one attached hydrogen (secondary N) is 1. The number of carbonyl (C=O) groups excluding carboxylic acids is 2. The van der Waals surface area contributed by atoms with E-state index in [4.69, 9.17) is 4.99 Å². The molecule has 1 N–H and O–H groups in total. The topological polar surface area (TPSA) is 61.8 Å². The van der Waals surface area contributed by atoms with E-state index in [1.54, 1.807) is 4.90 Å². The second kappa shape index (κ2) is 9.18. The molecule has 5 heteroatoms. The lowest BCUT2D eigenvalue weighted by Crippen LogP contribution is -2.41. The third-order valence-electron chi connectivity index (χ3n) is 5.65. The normalized spacial score (nSPS) is 13.3. The van der Waals surface area contributed by atoms with E-state index in [1.165, 1.54) is 11.1 Å². The van der Waals surface area contributed by atoms with Crippen LogP contribution in [0.2, 0.25) is 0 Å². The Balaban J connectivity index is 1.55. The third kappa shape index (κ3) is 4.78. The lowest BCUT2D eigenvalue weighted by Gasteiger charge is -2.22. The van der Waals surface area contributed by atoms with E-state index in [-0.39, 0.29) is 24.8 Å². The van der Waals surface area contributed by atoms with Crippen LogP contribution in [-0.2, 0) is 16.1 Å². The van der Waals surface area contributed by atoms with Gasteiger partial charge in [0, 0.05) is 6.54 Å². The number of aryl methyl sites for hydroxylation is 3. The van der Waals surface area contributed by atoms with Crippen molar-refractivity contribution in [2.24, 2.45) is 4.99 Å². The molecule has 0 atom stereocenters. The number of nitrogens with zero attached hydrogens (tertiary/aromatic N) is 2. The molecule has 0 unspecified atom stereocenters. The molecular formula is C27H27N3O2. The lowest BCUT2D eigenvalue weighted by molar-refractivity contribution is -0.123. The Labute approximate surface area is 188 Å². The average molecular weight is 426 g/mol. The van der Waals surface area contributed by atoms with Gasteiger partial charge in [-0.15, -0.1) is 0 Å². The fourth-order valence-electron chi connectivity index (χ4n) is 3.92. The van der Waals surface area contributed by atoms with Crippen LogP contribution >= 0.6 is 0 Å². The van der Waals surface area contributed by atoms with Gasteiger partial charge in [-0.05, 0) is 49.6 Å². The minimum atomic E-state index is -0.205. The summed E-state index contributed by atoms with van der Waals surface area (Å²) >= 11 is 0. The summed E-state index contributed by atoms with van der Waals surface area (Å²) in [5.41, 5.74) is 7.48. The molecule has 0 bridgehead atoms. The van der Waals surface area contributed by atoms with Crippen LogP contribution in [0.3, 0.4) is 0 Å². The predicted octanol–water partition coefficient (Wildman–Crippen LogP) is 4.79. The fourth-order valence-corrected chi connectivity index (χ4v) is 3.92. The van der Waals surface area contributed by atoms with Gasteiger partial charge in [-0.25, -0.2) is 0 Å². The molecule has 0 spiro atoms. The monoisotopic (exact) mass is 425 g/mol. The summed E-state index contributed by atoms with van der Waals surface area (Å²) in [5.74, 6) is -0.345. The molecule has 0 saturated carbocycles. The van der Waals surface area contributed by atoms with Crippen molar-refractivity contribution in [3.05, 3.63) is 94.5 Å². The van der Waals surface area contributed by atoms with Crippen LogP contribution in [0.5, 0.6) is 0 Å². The molecule has 0 fully saturated rings. The molecule has 162 valence electrons. The molecule has 5 nitrogen and oxygen atoms in total. The van der Waals surface area contributed by atoms with Crippen molar-refractivity contribution in [1.82, 2.24) is 5.32 Å². The Kier molecular flexibility index (Phi) is 6.17. The number of para-hydroxylation sites is 2. The SMILES string of the molecule is Cc1ccc(CNC(=O)CN2C(=O)CC(c3ccc(C)cc3C)=Nc3ccccc32)cc1. The first-order valence-corrected chi connectivity index (χ1v) is 10.8. The van der Waals surface area contributed by atoms with Crippen LogP contribution in [0.1, 0.15) is 34.2 Å². The van der Waals surface area contributed by atoms with Crippen LogP contribution in [-0.4, -0.2) is 24.1 Å². The van der Waals surface area contributed by atoms with Gasteiger partial charge in [0.15, 0.2) is 0 Å². The second-order valence-corrected chi connectivity index (χ2v) is 8.28. The smallest absolute Gasteiger partial charge is 0.240 e. The highest BCUT2D eigenvalue weighted by atomic mass is 16.2. The number of aliphatic imine (C=N–C) groups is 1. The standard InChI is InChI=1S/C27H27N3O2/c1-18-8-11-21(12-9-18)16-28-26(31)17-30-25-7-5-4-6-23(25)29-24(15-27(30)32)22-13-10-19(2)14-20(22)3/h4-14H,15-17H2,1-3H3,(H,28,31). The van der Waals surface area contributed by atoms with Crippen molar-refractivity contribution >= 4 is 28.9 Å². The molecule has 1 heterocycles. The molecule has 3 aromatic rings. The highest BCUT2D eigenvalue weighted by Gasteiger charge is 2.27. The van der Waals surface area contributed by atoms with Crippen LogP contribution in [0.4, 0.5) is 11.4 Å². The molecule has 0 aliphatic carbocycles. The fraction of sp³-hybridized carbons (Fsp3) is 0.222. The summed E-state index contributed by atoms with van der Waals surface area (Å²) in [6.45, 7) is 6.48. The molecule has 32 heavy (non-hydrogen) atoms.